The van der Waals surface area contributed by atoms with Crippen LogP contribution < -0.4 is 0 Å². The van der Waals surface area contributed by atoms with E-state index in [1.54, 1.807) is 6.92 Å². The topological polar surface area (TPSA) is 46.5 Å². The minimum atomic E-state index is -1.25. The smallest absolute Gasteiger partial charge is 0.336 e. The molecule has 0 amide bonds. The van der Waals surface area contributed by atoms with Crippen molar-refractivity contribution in [1.29, 1.82) is 0 Å². The van der Waals surface area contributed by atoms with Crippen LogP contribution in [0.25, 0.3) is 0 Å². The van der Waals surface area contributed by atoms with E-state index < -0.39 is 5.79 Å². The molecule has 0 aromatic carbocycles. The maximum atomic E-state index is 11.2. The number of carbonyl (C=O) groups is 1. The van der Waals surface area contributed by atoms with Gasteiger partial charge in [0.25, 0.3) is 0 Å². The van der Waals surface area contributed by atoms with Gasteiger partial charge in [0.1, 0.15) is 0 Å². The Morgan fingerprint density at radius 3 is 2.92 bits per heavy atom. The Labute approximate surface area is 77.4 Å². The fourth-order valence-electron chi connectivity index (χ4n) is 2.14. The van der Waals surface area contributed by atoms with Gasteiger partial charge in [0.05, 0.1) is 0 Å². The zero-order chi connectivity index (χ0) is 9.47. The molecule has 3 nitrogen and oxygen atoms in total. The summed E-state index contributed by atoms with van der Waals surface area (Å²) in [6.07, 6.45) is 4.45. The van der Waals surface area contributed by atoms with E-state index >= 15 is 0 Å². The molecule has 0 aromatic heterocycles. The Kier molecular flexibility index (Phi) is 1.91. The Bertz CT molecular complexity index is 280. The van der Waals surface area contributed by atoms with Gasteiger partial charge in [-0.05, 0) is 26.2 Å². The summed E-state index contributed by atoms with van der Waals surface area (Å²) in [5.41, 5.74) is 1.43. The number of carbonyl (C=O) groups excluding carboxylic acids is 1. The van der Waals surface area contributed by atoms with Gasteiger partial charge in [-0.25, -0.2) is 4.79 Å². The molecule has 0 bridgehead atoms. The van der Waals surface area contributed by atoms with Crippen molar-refractivity contribution in [2.75, 3.05) is 0 Å². The molecule has 1 aliphatic carbocycles. The monoisotopic (exact) mass is 182 g/mol. The number of aliphatic hydroxyl groups is 1. The standard InChI is InChI=1S/C10H14O3/c1-7-8-5-3-2-4-6-10(8,12)13-9(7)11/h12H,2-6H2,1H3/t10-/m0/s1. The van der Waals surface area contributed by atoms with Crippen LogP contribution in [0.3, 0.4) is 0 Å². The van der Waals surface area contributed by atoms with Gasteiger partial charge in [-0.2, -0.15) is 0 Å². The molecule has 1 atom stereocenters. The molecule has 13 heavy (non-hydrogen) atoms. The van der Waals surface area contributed by atoms with Gasteiger partial charge >= 0.3 is 5.97 Å². The average molecular weight is 182 g/mol. The molecule has 1 N–H and O–H groups in total. The third-order valence-electron chi connectivity index (χ3n) is 2.93. The summed E-state index contributed by atoms with van der Waals surface area (Å²) in [5.74, 6) is -1.60. The number of ether oxygens (including phenoxy) is 1. The highest BCUT2D eigenvalue weighted by atomic mass is 16.7. The number of hydrogen-bond donors (Lipinski definition) is 1. The second-order valence-corrected chi connectivity index (χ2v) is 3.84. The molecule has 3 heteroatoms. The number of hydrogen-bond acceptors (Lipinski definition) is 3. The molecule has 0 spiro atoms. The van der Waals surface area contributed by atoms with Gasteiger partial charge in [0.2, 0.25) is 5.79 Å². The van der Waals surface area contributed by atoms with Gasteiger partial charge < -0.3 is 9.84 Å². The van der Waals surface area contributed by atoms with Crippen molar-refractivity contribution in [2.24, 2.45) is 0 Å². The lowest BCUT2D eigenvalue weighted by atomic mass is 9.99. The van der Waals surface area contributed by atoms with Crippen molar-refractivity contribution in [1.82, 2.24) is 0 Å². The van der Waals surface area contributed by atoms with Gasteiger partial charge in [0.15, 0.2) is 0 Å². The summed E-state index contributed by atoms with van der Waals surface area (Å²) in [7, 11) is 0. The van der Waals surface area contributed by atoms with Gasteiger partial charge in [0, 0.05) is 17.6 Å². The minimum Gasteiger partial charge on any atom is -0.426 e. The molecule has 1 saturated carbocycles. The largest absolute Gasteiger partial charge is 0.426 e. The molecule has 1 fully saturated rings. The zero-order valence-electron chi connectivity index (χ0n) is 7.80. The fraction of sp³-hybridized carbons (Fsp3) is 0.700. The second-order valence-electron chi connectivity index (χ2n) is 3.84. The first-order chi connectivity index (χ1) is 6.13. The van der Waals surface area contributed by atoms with E-state index in [1.165, 1.54) is 0 Å². The van der Waals surface area contributed by atoms with Crippen molar-refractivity contribution < 1.29 is 14.6 Å². The van der Waals surface area contributed by atoms with E-state index in [1.807, 2.05) is 0 Å². The molecule has 0 saturated heterocycles. The van der Waals surface area contributed by atoms with E-state index in [2.05, 4.69) is 0 Å². The second kappa shape index (κ2) is 2.84. The van der Waals surface area contributed by atoms with Crippen LogP contribution in [-0.4, -0.2) is 16.9 Å². The predicted molar refractivity (Wildman–Crippen MR) is 46.8 cm³/mol. The summed E-state index contributed by atoms with van der Waals surface area (Å²) in [4.78, 5) is 11.2. The van der Waals surface area contributed by atoms with Gasteiger partial charge in [-0.1, -0.05) is 6.42 Å². The molecule has 0 aromatic rings. The highest BCUT2D eigenvalue weighted by molar-refractivity contribution is 5.92. The zero-order valence-corrected chi connectivity index (χ0v) is 7.80. The van der Waals surface area contributed by atoms with E-state index in [-0.39, 0.29) is 5.97 Å². The molecule has 72 valence electrons. The first-order valence-electron chi connectivity index (χ1n) is 4.79. The van der Waals surface area contributed by atoms with Crippen molar-refractivity contribution in [2.45, 2.75) is 44.8 Å². The molecule has 1 heterocycles. The third-order valence-corrected chi connectivity index (χ3v) is 2.93. The highest BCUT2D eigenvalue weighted by Gasteiger charge is 2.44. The third kappa shape index (κ3) is 1.27. The van der Waals surface area contributed by atoms with E-state index in [0.717, 1.165) is 31.3 Å². The van der Waals surface area contributed by atoms with Crippen LogP contribution in [0.15, 0.2) is 11.1 Å². The Morgan fingerprint density at radius 1 is 1.38 bits per heavy atom. The molecule has 2 rings (SSSR count). The molecule has 0 unspecified atom stereocenters. The first-order valence-corrected chi connectivity index (χ1v) is 4.79. The van der Waals surface area contributed by atoms with Crippen molar-refractivity contribution in [3.05, 3.63) is 11.1 Å². The van der Waals surface area contributed by atoms with Gasteiger partial charge in [-0.15, -0.1) is 0 Å². The van der Waals surface area contributed by atoms with Crippen LogP contribution in [-0.2, 0) is 9.53 Å². The lowest BCUT2D eigenvalue weighted by Gasteiger charge is -2.22. The van der Waals surface area contributed by atoms with E-state index in [4.69, 9.17) is 4.74 Å². The lowest BCUT2D eigenvalue weighted by molar-refractivity contribution is -0.183. The quantitative estimate of drug-likeness (QED) is 0.578. The normalized spacial score (nSPS) is 34.2. The summed E-state index contributed by atoms with van der Waals surface area (Å²) < 4.78 is 4.99. The Hall–Kier alpha value is -0.830. The molecule has 1 aliphatic heterocycles. The number of fused-ring (bicyclic) bond motifs is 1. The summed E-state index contributed by atoms with van der Waals surface area (Å²) in [6, 6.07) is 0. The number of rotatable bonds is 0. The van der Waals surface area contributed by atoms with Crippen LogP contribution in [0.5, 0.6) is 0 Å². The van der Waals surface area contributed by atoms with Gasteiger partial charge in [-0.3, -0.25) is 0 Å². The molecular weight excluding hydrogens is 168 g/mol. The first kappa shape index (κ1) is 8.75. The molecular formula is C10H14O3. The van der Waals surface area contributed by atoms with Crippen LogP contribution in [0.4, 0.5) is 0 Å². The van der Waals surface area contributed by atoms with Crippen LogP contribution in [0, 0.1) is 0 Å². The maximum absolute atomic E-state index is 11.2. The fourth-order valence-corrected chi connectivity index (χ4v) is 2.14. The Morgan fingerprint density at radius 2 is 2.15 bits per heavy atom. The maximum Gasteiger partial charge on any atom is 0.336 e. The van der Waals surface area contributed by atoms with Crippen molar-refractivity contribution in [3.8, 4) is 0 Å². The lowest BCUT2D eigenvalue weighted by Crippen LogP contribution is -2.30. The summed E-state index contributed by atoms with van der Waals surface area (Å²) >= 11 is 0. The average Bonchev–Trinajstić information content (AvgIpc) is 2.26. The Balaban J connectivity index is 2.37. The predicted octanol–water partition coefficient (Wildman–Crippen LogP) is 1.51. The summed E-state index contributed by atoms with van der Waals surface area (Å²) in [6.45, 7) is 1.74. The van der Waals surface area contributed by atoms with Crippen LogP contribution >= 0.6 is 0 Å². The van der Waals surface area contributed by atoms with E-state index in [9.17, 15) is 9.90 Å². The van der Waals surface area contributed by atoms with Crippen LogP contribution in [0.1, 0.15) is 39.0 Å². The number of esters is 1. The van der Waals surface area contributed by atoms with Crippen molar-refractivity contribution >= 4 is 5.97 Å². The molecule has 0 radical (unpaired) electrons. The van der Waals surface area contributed by atoms with E-state index in [0.29, 0.717) is 12.0 Å². The van der Waals surface area contributed by atoms with Crippen LogP contribution in [0.2, 0.25) is 0 Å². The molecule has 2 aliphatic rings. The summed E-state index contributed by atoms with van der Waals surface area (Å²) in [5, 5.41) is 10.0. The highest BCUT2D eigenvalue weighted by Crippen LogP contribution is 2.40. The minimum absolute atomic E-state index is 0.348. The SMILES string of the molecule is CC1=C2CCCCC[C@]2(O)OC1=O. The van der Waals surface area contributed by atoms with Crippen molar-refractivity contribution in [3.63, 3.8) is 0 Å².